The van der Waals surface area contributed by atoms with E-state index < -0.39 is 0 Å². The minimum Gasteiger partial charge on any atom is -0.381 e. The predicted molar refractivity (Wildman–Crippen MR) is 59.4 cm³/mol. The van der Waals surface area contributed by atoms with Crippen LogP contribution in [-0.4, -0.2) is 18.2 Å². The van der Waals surface area contributed by atoms with Gasteiger partial charge >= 0.3 is 0 Å². The van der Waals surface area contributed by atoms with E-state index in [1.54, 1.807) is 0 Å². The van der Waals surface area contributed by atoms with E-state index in [0.29, 0.717) is 5.92 Å². The van der Waals surface area contributed by atoms with Crippen LogP contribution in [0.15, 0.2) is 18.2 Å². The van der Waals surface area contributed by atoms with E-state index in [2.05, 4.69) is 4.98 Å². The van der Waals surface area contributed by atoms with Gasteiger partial charge in [0.15, 0.2) is 0 Å². The summed E-state index contributed by atoms with van der Waals surface area (Å²) in [7, 11) is 0. The molecule has 1 saturated heterocycles. The summed E-state index contributed by atoms with van der Waals surface area (Å²) in [5.74, 6) is 0.521. The fourth-order valence-electron chi connectivity index (χ4n) is 2.07. The van der Waals surface area contributed by atoms with Crippen molar-refractivity contribution in [1.29, 1.82) is 0 Å². The van der Waals surface area contributed by atoms with E-state index in [9.17, 15) is 0 Å². The molecule has 82 valence electrons. The van der Waals surface area contributed by atoms with Crippen LogP contribution in [0.4, 0.5) is 0 Å². The Labute approximate surface area is 90.7 Å². The standard InChI is InChI=1S/C12H18N2O/c1-9-3-2-4-11(14-9)12(13)10-5-7-15-8-6-10/h2-4,10,12H,5-8,13H2,1H3. The minimum absolute atomic E-state index is 0.0637. The molecule has 0 radical (unpaired) electrons. The van der Waals surface area contributed by atoms with Crippen LogP contribution in [0.3, 0.4) is 0 Å². The second kappa shape index (κ2) is 4.73. The fourth-order valence-corrected chi connectivity index (χ4v) is 2.07. The third-order valence-corrected chi connectivity index (χ3v) is 3.03. The normalized spacial score (nSPS) is 20.1. The van der Waals surface area contributed by atoms with Gasteiger partial charge in [-0.05, 0) is 37.8 Å². The molecule has 1 fully saturated rings. The first-order chi connectivity index (χ1) is 7.27. The van der Waals surface area contributed by atoms with Gasteiger partial charge in [-0.2, -0.15) is 0 Å². The van der Waals surface area contributed by atoms with Crippen LogP contribution in [0.2, 0.25) is 0 Å². The summed E-state index contributed by atoms with van der Waals surface area (Å²) in [6.45, 7) is 3.68. The molecule has 3 heteroatoms. The van der Waals surface area contributed by atoms with Crippen molar-refractivity contribution in [2.24, 2.45) is 11.7 Å². The van der Waals surface area contributed by atoms with Gasteiger partial charge in [0.25, 0.3) is 0 Å². The van der Waals surface area contributed by atoms with Gasteiger partial charge in [-0.15, -0.1) is 0 Å². The van der Waals surface area contributed by atoms with E-state index in [1.807, 2.05) is 25.1 Å². The number of nitrogens with two attached hydrogens (primary N) is 1. The molecule has 3 nitrogen and oxygen atoms in total. The van der Waals surface area contributed by atoms with Crippen LogP contribution in [-0.2, 0) is 4.74 Å². The Morgan fingerprint density at radius 1 is 1.40 bits per heavy atom. The van der Waals surface area contributed by atoms with Gasteiger partial charge in [0, 0.05) is 18.9 Å². The Bertz CT molecular complexity index is 321. The number of rotatable bonds is 2. The molecule has 1 aromatic rings. The maximum atomic E-state index is 6.22. The molecule has 2 rings (SSSR count). The number of hydrogen-bond acceptors (Lipinski definition) is 3. The molecule has 1 atom stereocenters. The number of aromatic nitrogens is 1. The number of hydrogen-bond donors (Lipinski definition) is 1. The van der Waals surface area contributed by atoms with Crippen LogP contribution in [0.25, 0.3) is 0 Å². The highest BCUT2D eigenvalue weighted by Crippen LogP contribution is 2.26. The molecular weight excluding hydrogens is 188 g/mol. The van der Waals surface area contributed by atoms with Crippen LogP contribution < -0.4 is 5.73 Å². The first-order valence-electron chi connectivity index (χ1n) is 5.54. The molecule has 0 aliphatic carbocycles. The van der Waals surface area contributed by atoms with Crippen LogP contribution >= 0.6 is 0 Å². The molecule has 2 heterocycles. The highest BCUT2D eigenvalue weighted by atomic mass is 16.5. The smallest absolute Gasteiger partial charge is 0.0577 e. The van der Waals surface area contributed by atoms with Crippen molar-refractivity contribution in [2.75, 3.05) is 13.2 Å². The highest BCUT2D eigenvalue weighted by Gasteiger charge is 2.22. The average Bonchev–Trinajstić information content (AvgIpc) is 2.29. The van der Waals surface area contributed by atoms with Crippen molar-refractivity contribution >= 4 is 0 Å². The summed E-state index contributed by atoms with van der Waals surface area (Å²) in [4.78, 5) is 4.48. The summed E-state index contributed by atoms with van der Waals surface area (Å²) < 4.78 is 5.33. The van der Waals surface area contributed by atoms with Crippen molar-refractivity contribution < 1.29 is 4.74 Å². The largest absolute Gasteiger partial charge is 0.381 e. The van der Waals surface area contributed by atoms with E-state index in [1.165, 1.54) is 0 Å². The SMILES string of the molecule is Cc1cccc(C(N)C2CCOCC2)n1. The van der Waals surface area contributed by atoms with Crippen molar-refractivity contribution in [2.45, 2.75) is 25.8 Å². The molecule has 0 amide bonds. The summed E-state index contributed by atoms with van der Waals surface area (Å²) in [6.07, 6.45) is 2.10. The van der Waals surface area contributed by atoms with E-state index in [-0.39, 0.29) is 6.04 Å². The molecule has 15 heavy (non-hydrogen) atoms. The first-order valence-corrected chi connectivity index (χ1v) is 5.54. The highest BCUT2D eigenvalue weighted by molar-refractivity contribution is 5.14. The zero-order valence-electron chi connectivity index (χ0n) is 9.15. The number of aryl methyl sites for hydroxylation is 1. The second-order valence-corrected chi connectivity index (χ2v) is 4.18. The quantitative estimate of drug-likeness (QED) is 0.803. The van der Waals surface area contributed by atoms with Crippen molar-refractivity contribution in [1.82, 2.24) is 4.98 Å². The van der Waals surface area contributed by atoms with Gasteiger partial charge in [-0.25, -0.2) is 0 Å². The third-order valence-electron chi connectivity index (χ3n) is 3.03. The summed E-state index contributed by atoms with van der Waals surface area (Å²) in [6, 6.07) is 6.11. The van der Waals surface area contributed by atoms with Gasteiger partial charge in [0.1, 0.15) is 0 Å². The fraction of sp³-hybridized carbons (Fsp3) is 0.583. The Morgan fingerprint density at radius 3 is 2.80 bits per heavy atom. The lowest BCUT2D eigenvalue weighted by Crippen LogP contribution is -2.28. The molecule has 0 saturated carbocycles. The average molecular weight is 206 g/mol. The van der Waals surface area contributed by atoms with Crippen LogP contribution in [0.5, 0.6) is 0 Å². The Kier molecular flexibility index (Phi) is 3.34. The van der Waals surface area contributed by atoms with Gasteiger partial charge in [0.05, 0.1) is 11.7 Å². The second-order valence-electron chi connectivity index (χ2n) is 4.18. The lowest BCUT2D eigenvalue weighted by molar-refractivity contribution is 0.0579. The number of pyridine rings is 1. The van der Waals surface area contributed by atoms with E-state index >= 15 is 0 Å². The molecule has 0 aromatic carbocycles. The van der Waals surface area contributed by atoms with E-state index in [4.69, 9.17) is 10.5 Å². The number of nitrogens with zero attached hydrogens (tertiary/aromatic N) is 1. The lowest BCUT2D eigenvalue weighted by Gasteiger charge is -2.27. The summed E-state index contributed by atoms with van der Waals surface area (Å²) >= 11 is 0. The maximum Gasteiger partial charge on any atom is 0.0577 e. The molecule has 1 aliphatic rings. The lowest BCUT2D eigenvalue weighted by atomic mass is 9.90. The Morgan fingerprint density at radius 2 is 2.13 bits per heavy atom. The molecule has 1 aliphatic heterocycles. The van der Waals surface area contributed by atoms with Gasteiger partial charge in [0.2, 0.25) is 0 Å². The van der Waals surface area contributed by atoms with Crippen molar-refractivity contribution in [3.05, 3.63) is 29.6 Å². The number of ether oxygens (including phenoxy) is 1. The third kappa shape index (κ3) is 2.55. The van der Waals surface area contributed by atoms with Gasteiger partial charge in [-0.1, -0.05) is 6.07 Å². The molecule has 2 N–H and O–H groups in total. The maximum absolute atomic E-state index is 6.22. The molecule has 1 aromatic heterocycles. The topological polar surface area (TPSA) is 48.1 Å². The first kappa shape index (κ1) is 10.6. The van der Waals surface area contributed by atoms with E-state index in [0.717, 1.165) is 37.4 Å². The Balaban J connectivity index is 2.08. The van der Waals surface area contributed by atoms with Crippen molar-refractivity contribution in [3.63, 3.8) is 0 Å². The summed E-state index contributed by atoms with van der Waals surface area (Å²) in [5.41, 5.74) is 8.27. The predicted octanol–water partition coefficient (Wildman–Crippen LogP) is 1.82. The Hall–Kier alpha value is -0.930. The molecule has 0 bridgehead atoms. The zero-order valence-corrected chi connectivity index (χ0v) is 9.15. The zero-order chi connectivity index (χ0) is 10.7. The molecular formula is C12H18N2O. The monoisotopic (exact) mass is 206 g/mol. The van der Waals surface area contributed by atoms with Crippen LogP contribution in [0.1, 0.15) is 30.3 Å². The van der Waals surface area contributed by atoms with Crippen LogP contribution in [0, 0.1) is 12.8 Å². The van der Waals surface area contributed by atoms with Gasteiger partial charge < -0.3 is 10.5 Å². The molecule has 1 unspecified atom stereocenters. The minimum atomic E-state index is 0.0637. The van der Waals surface area contributed by atoms with Gasteiger partial charge in [-0.3, -0.25) is 4.98 Å². The van der Waals surface area contributed by atoms with Crippen molar-refractivity contribution in [3.8, 4) is 0 Å². The summed E-state index contributed by atoms with van der Waals surface area (Å²) in [5, 5.41) is 0. The molecule has 0 spiro atoms.